The van der Waals surface area contributed by atoms with Gasteiger partial charge in [0, 0.05) is 6.04 Å². The van der Waals surface area contributed by atoms with Crippen LogP contribution in [0, 0.1) is 5.41 Å². The zero-order valence-electron chi connectivity index (χ0n) is 13.5. The zero-order chi connectivity index (χ0) is 16.0. The number of furan rings is 1. The van der Waals surface area contributed by atoms with E-state index in [2.05, 4.69) is 10.6 Å². The van der Waals surface area contributed by atoms with Gasteiger partial charge in [0.2, 0.25) is 11.8 Å². The van der Waals surface area contributed by atoms with Crippen LogP contribution in [-0.4, -0.2) is 17.9 Å². The molecule has 1 aliphatic rings. The van der Waals surface area contributed by atoms with Crippen LogP contribution >= 0.6 is 0 Å². The number of rotatable bonds is 5. The van der Waals surface area contributed by atoms with Crippen molar-refractivity contribution in [3.05, 3.63) is 24.2 Å². The summed E-state index contributed by atoms with van der Waals surface area (Å²) in [5.41, 5.74) is -1.08. The third-order valence-electron chi connectivity index (χ3n) is 4.33. The Balaban J connectivity index is 1.86. The molecule has 0 bridgehead atoms. The van der Waals surface area contributed by atoms with Gasteiger partial charge < -0.3 is 15.1 Å². The van der Waals surface area contributed by atoms with Crippen molar-refractivity contribution in [1.29, 1.82) is 0 Å². The summed E-state index contributed by atoms with van der Waals surface area (Å²) in [4.78, 5) is 24.8. The van der Waals surface area contributed by atoms with Gasteiger partial charge in [-0.15, -0.1) is 0 Å². The van der Waals surface area contributed by atoms with Gasteiger partial charge in [0.1, 0.15) is 11.2 Å². The Kier molecular flexibility index (Phi) is 5.63. The van der Waals surface area contributed by atoms with Crippen LogP contribution in [0.25, 0.3) is 0 Å². The van der Waals surface area contributed by atoms with E-state index in [1.165, 1.54) is 12.8 Å². The molecule has 1 aromatic rings. The quantitative estimate of drug-likeness (QED) is 0.649. The topological polar surface area (TPSA) is 71.3 Å². The van der Waals surface area contributed by atoms with Gasteiger partial charge in [0.25, 0.3) is 0 Å². The first-order valence-corrected chi connectivity index (χ1v) is 8.12. The fraction of sp³-hybridized carbons (Fsp3) is 0.647. The van der Waals surface area contributed by atoms with Gasteiger partial charge >= 0.3 is 0 Å². The number of amides is 2. The van der Waals surface area contributed by atoms with Crippen molar-refractivity contribution >= 4 is 11.8 Å². The number of carbonyl (C=O) groups is 2. The van der Waals surface area contributed by atoms with Crippen molar-refractivity contribution in [2.75, 3.05) is 0 Å². The van der Waals surface area contributed by atoms with Crippen molar-refractivity contribution in [3.8, 4) is 0 Å². The molecule has 0 spiro atoms. The number of hydrogen-bond acceptors (Lipinski definition) is 3. The van der Waals surface area contributed by atoms with Crippen LogP contribution in [0.2, 0.25) is 0 Å². The van der Waals surface area contributed by atoms with Crippen LogP contribution in [-0.2, 0) is 16.1 Å². The Bertz CT molecular complexity index is 486. The molecule has 0 radical (unpaired) electrons. The summed E-state index contributed by atoms with van der Waals surface area (Å²) in [6.45, 7) is 3.62. The average Bonchev–Trinajstić information content (AvgIpc) is 2.88. The van der Waals surface area contributed by atoms with E-state index in [0.717, 1.165) is 25.7 Å². The normalized spacial score (nSPS) is 16.8. The van der Waals surface area contributed by atoms with E-state index < -0.39 is 5.41 Å². The Labute approximate surface area is 131 Å². The molecule has 0 aliphatic heterocycles. The standard InChI is InChI=1S/C17H26N2O3/c1-17(2,15(20)18-12-14-10-7-11-22-14)16(21)19-13-8-5-3-4-6-9-13/h7,10-11,13H,3-6,8-9,12H2,1-2H3,(H,18,20)(H,19,21). The highest BCUT2D eigenvalue weighted by molar-refractivity contribution is 6.04. The first-order valence-electron chi connectivity index (χ1n) is 8.12. The molecule has 122 valence electrons. The summed E-state index contributed by atoms with van der Waals surface area (Å²) in [5, 5.41) is 5.81. The lowest BCUT2D eigenvalue weighted by Gasteiger charge is -2.26. The third kappa shape index (κ3) is 4.36. The lowest BCUT2D eigenvalue weighted by molar-refractivity contribution is -0.142. The van der Waals surface area contributed by atoms with Crippen LogP contribution in [0.5, 0.6) is 0 Å². The summed E-state index contributed by atoms with van der Waals surface area (Å²) in [6, 6.07) is 3.76. The monoisotopic (exact) mass is 306 g/mol. The van der Waals surface area contributed by atoms with Gasteiger partial charge in [0.15, 0.2) is 0 Å². The zero-order valence-corrected chi connectivity index (χ0v) is 13.5. The predicted octanol–water partition coefficient (Wildman–Crippen LogP) is 2.76. The Morgan fingerprint density at radius 1 is 1.18 bits per heavy atom. The number of nitrogens with one attached hydrogen (secondary N) is 2. The molecule has 0 atom stereocenters. The summed E-state index contributed by atoms with van der Waals surface area (Å²) in [6.07, 6.45) is 8.35. The van der Waals surface area contributed by atoms with E-state index in [1.807, 2.05) is 0 Å². The van der Waals surface area contributed by atoms with Gasteiger partial charge in [-0.3, -0.25) is 9.59 Å². The predicted molar refractivity (Wildman–Crippen MR) is 84.0 cm³/mol. The van der Waals surface area contributed by atoms with E-state index in [-0.39, 0.29) is 17.9 Å². The minimum Gasteiger partial charge on any atom is -0.467 e. The maximum absolute atomic E-state index is 12.5. The van der Waals surface area contributed by atoms with E-state index in [1.54, 1.807) is 32.2 Å². The molecule has 0 unspecified atom stereocenters. The molecule has 2 rings (SSSR count). The third-order valence-corrected chi connectivity index (χ3v) is 4.33. The van der Waals surface area contributed by atoms with Gasteiger partial charge in [0.05, 0.1) is 12.8 Å². The van der Waals surface area contributed by atoms with Crippen LogP contribution in [0.3, 0.4) is 0 Å². The summed E-state index contributed by atoms with van der Waals surface area (Å²) in [7, 11) is 0. The summed E-state index contributed by atoms with van der Waals surface area (Å²) < 4.78 is 5.18. The van der Waals surface area contributed by atoms with Crippen LogP contribution in [0.15, 0.2) is 22.8 Å². The minimum absolute atomic E-state index is 0.198. The number of hydrogen-bond donors (Lipinski definition) is 2. The van der Waals surface area contributed by atoms with Crippen LogP contribution in [0.1, 0.15) is 58.1 Å². The van der Waals surface area contributed by atoms with Gasteiger partial charge in [-0.25, -0.2) is 0 Å². The highest BCUT2D eigenvalue weighted by Crippen LogP contribution is 2.21. The van der Waals surface area contributed by atoms with Gasteiger partial charge in [-0.05, 0) is 38.8 Å². The lowest BCUT2D eigenvalue weighted by Crippen LogP contribution is -2.50. The maximum Gasteiger partial charge on any atom is 0.235 e. The Hall–Kier alpha value is -1.78. The van der Waals surface area contributed by atoms with Gasteiger partial charge in [-0.1, -0.05) is 25.7 Å². The molecule has 0 aromatic carbocycles. The second-order valence-corrected chi connectivity index (χ2v) is 6.55. The van der Waals surface area contributed by atoms with Gasteiger partial charge in [-0.2, -0.15) is 0 Å². The molecule has 2 N–H and O–H groups in total. The molecule has 1 aromatic heterocycles. The maximum atomic E-state index is 12.5. The SMILES string of the molecule is CC(C)(C(=O)NCc1ccco1)C(=O)NC1CCCCCC1. The molecule has 1 fully saturated rings. The summed E-state index contributed by atoms with van der Waals surface area (Å²) in [5.74, 6) is 0.194. The molecule has 2 amide bonds. The van der Waals surface area contributed by atoms with Crippen molar-refractivity contribution < 1.29 is 14.0 Å². The van der Waals surface area contributed by atoms with Crippen molar-refractivity contribution in [2.45, 2.75) is 65.0 Å². The molecule has 1 heterocycles. The molecular formula is C17H26N2O3. The Morgan fingerprint density at radius 3 is 2.45 bits per heavy atom. The molecule has 1 saturated carbocycles. The van der Waals surface area contributed by atoms with E-state index in [4.69, 9.17) is 4.42 Å². The smallest absolute Gasteiger partial charge is 0.235 e. The largest absolute Gasteiger partial charge is 0.467 e. The van der Waals surface area contributed by atoms with Crippen molar-refractivity contribution in [3.63, 3.8) is 0 Å². The molecule has 1 aliphatic carbocycles. The second kappa shape index (κ2) is 7.47. The van der Waals surface area contributed by atoms with Crippen LogP contribution in [0.4, 0.5) is 0 Å². The molecule has 5 heteroatoms. The van der Waals surface area contributed by atoms with E-state index >= 15 is 0 Å². The van der Waals surface area contributed by atoms with E-state index in [0.29, 0.717) is 12.3 Å². The highest BCUT2D eigenvalue weighted by atomic mass is 16.3. The molecular weight excluding hydrogens is 280 g/mol. The fourth-order valence-corrected chi connectivity index (χ4v) is 2.69. The number of carbonyl (C=O) groups excluding carboxylic acids is 2. The van der Waals surface area contributed by atoms with Crippen molar-refractivity contribution in [1.82, 2.24) is 10.6 Å². The van der Waals surface area contributed by atoms with Crippen molar-refractivity contribution in [2.24, 2.45) is 5.41 Å². The van der Waals surface area contributed by atoms with E-state index in [9.17, 15) is 9.59 Å². The Morgan fingerprint density at radius 2 is 1.86 bits per heavy atom. The van der Waals surface area contributed by atoms with Crippen LogP contribution < -0.4 is 10.6 Å². The fourth-order valence-electron chi connectivity index (χ4n) is 2.69. The summed E-state index contributed by atoms with van der Waals surface area (Å²) >= 11 is 0. The highest BCUT2D eigenvalue weighted by Gasteiger charge is 2.36. The molecule has 5 nitrogen and oxygen atoms in total. The first kappa shape index (κ1) is 16.6. The second-order valence-electron chi connectivity index (χ2n) is 6.55. The molecule has 22 heavy (non-hydrogen) atoms. The lowest BCUT2D eigenvalue weighted by atomic mass is 9.90. The average molecular weight is 306 g/mol. The molecule has 0 saturated heterocycles. The first-order chi connectivity index (χ1) is 10.5. The minimum atomic E-state index is -1.08.